The Hall–Kier alpha value is -3.47. The van der Waals surface area contributed by atoms with Crippen LogP contribution in [0.2, 0.25) is 0 Å². The van der Waals surface area contributed by atoms with Crippen molar-refractivity contribution in [1.29, 1.82) is 0 Å². The molecule has 0 heterocycles. The minimum Gasteiger partial charge on any atom is -0.496 e. The molecule has 0 saturated heterocycles. The predicted octanol–water partition coefficient (Wildman–Crippen LogP) is 5.15. The van der Waals surface area contributed by atoms with E-state index in [2.05, 4.69) is 5.32 Å². The molecular formula is C24H25NO4. The number of methoxy groups -OCH3 is 2. The number of nitrogens with one attached hydrogen (secondary N) is 1. The highest BCUT2D eigenvalue weighted by atomic mass is 16.5. The normalized spacial score (nSPS) is 10.3. The number of anilines is 1. The first-order valence-electron chi connectivity index (χ1n) is 9.32. The maximum atomic E-state index is 12.8. The van der Waals surface area contributed by atoms with E-state index in [-0.39, 0.29) is 5.91 Å². The van der Waals surface area contributed by atoms with Gasteiger partial charge in [-0.15, -0.1) is 0 Å². The number of amides is 1. The monoisotopic (exact) mass is 391 g/mol. The van der Waals surface area contributed by atoms with Crippen molar-refractivity contribution in [2.45, 2.75) is 20.5 Å². The van der Waals surface area contributed by atoms with Crippen LogP contribution in [0, 0.1) is 13.8 Å². The third kappa shape index (κ3) is 5.08. The Labute approximate surface area is 171 Å². The minimum absolute atomic E-state index is 0.229. The Morgan fingerprint density at radius 1 is 0.828 bits per heavy atom. The van der Waals surface area contributed by atoms with Crippen LogP contribution in [-0.2, 0) is 6.61 Å². The van der Waals surface area contributed by atoms with Gasteiger partial charge in [-0.05, 0) is 61.9 Å². The summed E-state index contributed by atoms with van der Waals surface area (Å²) >= 11 is 0. The van der Waals surface area contributed by atoms with Crippen LogP contribution in [0.25, 0.3) is 0 Å². The third-order valence-electron chi connectivity index (χ3n) is 4.56. The van der Waals surface area contributed by atoms with Crippen molar-refractivity contribution in [3.8, 4) is 17.2 Å². The smallest absolute Gasteiger partial charge is 0.255 e. The van der Waals surface area contributed by atoms with Crippen LogP contribution in [0.1, 0.15) is 27.0 Å². The van der Waals surface area contributed by atoms with Gasteiger partial charge in [-0.1, -0.05) is 23.8 Å². The maximum absolute atomic E-state index is 12.8. The second-order valence-electron chi connectivity index (χ2n) is 6.79. The molecule has 1 N–H and O–H groups in total. The number of benzene rings is 3. The molecule has 0 saturated carbocycles. The highest BCUT2D eigenvalue weighted by molar-refractivity contribution is 6.05. The molecule has 0 spiro atoms. The van der Waals surface area contributed by atoms with E-state index in [1.165, 1.54) is 5.56 Å². The van der Waals surface area contributed by atoms with Gasteiger partial charge in [0.2, 0.25) is 0 Å². The molecule has 0 aliphatic rings. The average Bonchev–Trinajstić information content (AvgIpc) is 2.73. The van der Waals surface area contributed by atoms with Crippen molar-refractivity contribution < 1.29 is 19.0 Å². The van der Waals surface area contributed by atoms with E-state index in [0.717, 1.165) is 16.9 Å². The molecular weight excluding hydrogens is 366 g/mol. The van der Waals surface area contributed by atoms with Crippen LogP contribution in [-0.4, -0.2) is 20.1 Å². The largest absolute Gasteiger partial charge is 0.496 e. The molecule has 5 nitrogen and oxygen atoms in total. The van der Waals surface area contributed by atoms with E-state index in [0.29, 0.717) is 29.4 Å². The highest BCUT2D eigenvalue weighted by Gasteiger charge is 2.13. The Morgan fingerprint density at radius 2 is 1.48 bits per heavy atom. The number of hydrogen-bond acceptors (Lipinski definition) is 4. The fraction of sp³-hybridized carbons (Fsp3) is 0.208. The van der Waals surface area contributed by atoms with Crippen molar-refractivity contribution >= 4 is 11.6 Å². The van der Waals surface area contributed by atoms with E-state index in [1.807, 2.05) is 56.3 Å². The Balaban J connectivity index is 1.79. The van der Waals surface area contributed by atoms with Crippen LogP contribution in [0.5, 0.6) is 17.2 Å². The Morgan fingerprint density at radius 3 is 2.17 bits per heavy atom. The van der Waals surface area contributed by atoms with Crippen LogP contribution in [0.15, 0.2) is 60.7 Å². The Bertz CT molecular complexity index is 996. The molecule has 0 atom stereocenters. The summed E-state index contributed by atoms with van der Waals surface area (Å²) in [4.78, 5) is 12.8. The number of carbonyl (C=O) groups excluding carboxylic acids is 1. The van der Waals surface area contributed by atoms with Crippen LogP contribution >= 0.6 is 0 Å². The molecule has 150 valence electrons. The number of aryl methyl sites for hydroxylation is 2. The summed E-state index contributed by atoms with van der Waals surface area (Å²) in [5, 5.41) is 2.92. The molecule has 3 aromatic rings. The fourth-order valence-electron chi connectivity index (χ4n) is 2.94. The predicted molar refractivity (Wildman–Crippen MR) is 114 cm³/mol. The standard InChI is InChI=1S/C24H25NO4/c1-16-5-9-20(10-6-16)29-15-19-14-18(8-12-22(19)27-3)24(26)25-21-13-17(2)7-11-23(21)28-4/h5-14H,15H2,1-4H3,(H,25,26). The lowest BCUT2D eigenvalue weighted by atomic mass is 10.1. The summed E-state index contributed by atoms with van der Waals surface area (Å²) in [6, 6.07) is 18.7. The summed E-state index contributed by atoms with van der Waals surface area (Å²) in [5.41, 5.74) is 4.13. The molecule has 0 unspecified atom stereocenters. The topological polar surface area (TPSA) is 56.8 Å². The van der Waals surface area contributed by atoms with Gasteiger partial charge in [-0.25, -0.2) is 0 Å². The van der Waals surface area contributed by atoms with E-state index in [4.69, 9.17) is 14.2 Å². The third-order valence-corrected chi connectivity index (χ3v) is 4.56. The highest BCUT2D eigenvalue weighted by Crippen LogP contribution is 2.27. The van der Waals surface area contributed by atoms with Gasteiger partial charge in [-0.2, -0.15) is 0 Å². The first kappa shape index (κ1) is 20.3. The minimum atomic E-state index is -0.229. The summed E-state index contributed by atoms with van der Waals surface area (Å²) in [5.74, 6) is 1.81. The molecule has 0 aromatic heterocycles. The van der Waals surface area contributed by atoms with Gasteiger partial charge in [-0.3, -0.25) is 4.79 Å². The molecule has 0 fully saturated rings. The SMILES string of the molecule is COc1ccc(C(=O)Nc2cc(C)ccc2OC)cc1COc1ccc(C)cc1. The maximum Gasteiger partial charge on any atom is 0.255 e. The van der Waals surface area contributed by atoms with Crippen LogP contribution in [0.3, 0.4) is 0 Å². The van der Waals surface area contributed by atoms with E-state index in [1.54, 1.807) is 32.4 Å². The van der Waals surface area contributed by atoms with Crippen LogP contribution in [0.4, 0.5) is 5.69 Å². The first-order chi connectivity index (χ1) is 14.0. The van der Waals surface area contributed by atoms with Gasteiger partial charge in [0.05, 0.1) is 19.9 Å². The van der Waals surface area contributed by atoms with Crippen molar-refractivity contribution in [3.63, 3.8) is 0 Å². The van der Waals surface area contributed by atoms with E-state index in [9.17, 15) is 4.79 Å². The summed E-state index contributed by atoms with van der Waals surface area (Å²) < 4.78 is 16.6. The average molecular weight is 391 g/mol. The number of rotatable bonds is 7. The molecule has 0 radical (unpaired) electrons. The van der Waals surface area contributed by atoms with Crippen molar-refractivity contribution in [3.05, 3.63) is 82.9 Å². The molecule has 3 aromatic carbocycles. The zero-order valence-corrected chi connectivity index (χ0v) is 17.1. The zero-order chi connectivity index (χ0) is 20.8. The van der Waals surface area contributed by atoms with Crippen molar-refractivity contribution in [1.82, 2.24) is 0 Å². The fourth-order valence-corrected chi connectivity index (χ4v) is 2.94. The summed E-state index contributed by atoms with van der Waals surface area (Å²) in [7, 11) is 3.18. The molecule has 3 rings (SSSR count). The van der Waals surface area contributed by atoms with Gasteiger partial charge >= 0.3 is 0 Å². The molecule has 1 amide bonds. The van der Waals surface area contributed by atoms with Gasteiger partial charge in [0.15, 0.2) is 0 Å². The number of ether oxygens (including phenoxy) is 3. The zero-order valence-electron chi connectivity index (χ0n) is 17.1. The summed E-state index contributed by atoms with van der Waals surface area (Å²) in [6.45, 7) is 4.28. The second-order valence-corrected chi connectivity index (χ2v) is 6.79. The van der Waals surface area contributed by atoms with Crippen molar-refractivity contribution in [2.24, 2.45) is 0 Å². The molecule has 29 heavy (non-hydrogen) atoms. The lowest BCUT2D eigenvalue weighted by molar-refractivity contribution is 0.102. The van der Waals surface area contributed by atoms with E-state index < -0.39 is 0 Å². The van der Waals surface area contributed by atoms with Gasteiger partial charge in [0, 0.05) is 11.1 Å². The van der Waals surface area contributed by atoms with Crippen molar-refractivity contribution in [2.75, 3.05) is 19.5 Å². The second kappa shape index (κ2) is 9.15. The number of carbonyl (C=O) groups is 1. The van der Waals surface area contributed by atoms with Gasteiger partial charge in [0.25, 0.3) is 5.91 Å². The first-order valence-corrected chi connectivity index (χ1v) is 9.32. The Kier molecular flexibility index (Phi) is 6.39. The van der Waals surface area contributed by atoms with E-state index >= 15 is 0 Å². The molecule has 0 bridgehead atoms. The molecule has 0 aliphatic carbocycles. The van der Waals surface area contributed by atoms with Gasteiger partial charge < -0.3 is 19.5 Å². The van der Waals surface area contributed by atoms with Crippen LogP contribution < -0.4 is 19.5 Å². The lowest BCUT2D eigenvalue weighted by Crippen LogP contribution is -2.13. The summed E-state index contributed by atoms with van der Waals surface area (Å²) in [6.07, 6.45) is 0. The molecule has 5 heteroatoms. The van der Waals surface area contributed by atoms with Gasteiger partial charge in [0.1, 0.15) is 23.9 Å². The molecule has 0 aliphatic heterocycles. The quantitative estimate of drug-likeness (QED) is 0.605. The number of hydrogen-bond donors (Lipinski definition) is 1. The lowest BCUT2D eigenvalue weighted by Gasteiger charge is -2.14.